The highest BCUT2D eigenvalue weighted by atomic mass is 16.4. The molecule has 0 spiro atoms. The Kier molecular flexibility index (Phi) is 3.93. The van der Waals surface area contributed by atoms with Gasteiger partial charge in [-0.25, -0.2) is 4.98 Å². The zero-order valence-corrected chi connectivity index (χ0v) is 13.8. The minimum Gasteiger partial charge on any atom is -0.545 e. The SMILES string of the molecule is CC(C)=CCc1cc(=O)cc2n(C)c3cccc(C(=O)[O-])c3nc1-2. The van der Waals surface area contributed by atoms with Gasteiger partial charge in [0.25, 0.3) is 0 Å². The number of fused-ring (bicyclic) bond motifs is 2. The first-order valence-corrected chi connectivity index (χ1v) is 7.65. The highest BCUT2D eigenvalue weighted by Gasteiger charge is 2.17. The van der Waals surface area contributed by atoms with Crippen molar-refractivity contribution in [2.75, 3.05) is 0 Å². The van der Waals surface area contributed by atoms with Crippen LogP contribution in [-0.4, -0.2) is 15.5 Å². The molecule has 0 radical (unpaired) electrons. The Morgan fingerprint density at radius 2 is 2.04 bits per heavy atom. The van der Waals surface area contributed by atoms with Crippen molar-refractivity contribution in [1.82, 2.24) is 9.55 Å². The number of hydrogen-bond acceptors (Lipinski definition) is 4. The van der Waals surface area contributed by atoms with E-state index in [9.17, 15) is 14.7 Å². The Bertz CT molecular complexity index is 1010. The van der Waals surface area contributed by atoms with E-state index in [2.05, 4.69) is 4.98 Å². The fraction of sp³-hybridized carbons (Fsp3) is 0.211. The summed E-state index contributed by atoms with van der Waals surface area (Å²) in [4.78, 5) is 28.0. The number of allylic oxidation sites excluding steroid dienone is 2. The van der Waals surface area contributed by atoms with E-state index in [-0.39, 0.29) is 11.0 Å². The molecule has 5 nitrogen and oxygen atoms in total. The zero-order valence-electron chi connectivity index (χ0n) is 13.8. The maximum atomic E-state index is 12.0. The Hall–Kier alpha value is -2.95. The predicted octanol–water partition coefficient (Wildman–Crippen LogP) is 1.91. The van der Waals surface area contributed by atoms with Crippen molar-refractivity contribution >= 4 is 17.0 Å². The Balaban J connectivity index is 2.42. The standard InChI is InChI=1S/C19H18N2O3/c1-11(2)7-8-12-9-13(22)10-16-17(12)20-18-14(19(23)24)5-4-6-15(18)21(16)3/h4-7,9-10H,8H2,1-3H3,(H,23,24)/p-1. The molecule has 1 aromatic carbocycles. The van der Waals surface area contributed by atoms with E-state index in [0.29, 0.717) is 28.8 Å². The third-order valence-corrected chi connectivity index (χ3v) is 4.05. The van der Waals surface area contributed by atoms with Gasteiger partial charge in [-0.1, -0.05) is 23.8 Å². The summed E-state index contributed by atoms with van der Waals surface area (Å²) in [7, 11) is 1.80. The summed E-state index contributed by atoms with van der Waals surface area (Å²) in [6, 6.07) is 7.99. The van der Waals surface area contributed by atoms with Gasteiger partial charge in [0, 0.05) is 18.7 Å². The number of carbonyl (C=O) groups excluding carboxylic acids is 1. The zero-order chi connectivity index (χ0) is 17.4. The maximum absolute atomic E-state index is 12.0. The van der Waals surface area contributed by atoms with Gasteiger partial charge in [-0.05, 0) is 38.0 Å². The van der Waals surface area contributed by atoms with Gasteiger partial charge in [-0.3, -0.25) is 4.79 Å². The molecule has 1 aliphatic heterocycles. The van der Waals surface area contributed by atoms with E-state index >= 15 is 0 Å². The number of carboxylic acids is 1. The molecule has 0 bridgehead atoms. The summed E-state index contributed by atoms with van der Waals surface area (Å²) in [6.07, 6.45) is 2.59. The molecule has 122 valence electrons. The molecule has 0 N–H and O–H groups in total. The van der Waals surface area contributed by atoms with Crippen molar-refractivity contribution in [2.45, 2.75) is 20.3 Å². The quantitative estimate of drug-likeness (QED) is 0.545. The van der Waals surface area contributed by atoms with Crippen LogP contribution in [-0.2, 0) is 13.5 Å². The number of rotatable bonds is 3. The first-order chi connectivity index (χ1) is 11.4. The van der Waals surface area contributed by atoms with Crippen LogP contribution in [0, 0.1) is 0 Å². The van der Waals surface area contributed by atoms with Crippen LogP contribution in [0.15, 0.2) is 46.8 Å². The molecule has 0 atom stereocenters. The monoisotopic (exact) mass is 321 g/mol. The van der Waals surface area contributed by atoms with E-state index in [4.69, 9.17) is 0 Å². The number of carbonyl (C=O) groups is 1. The smallest absolute Gasteiger partial charge is 0.181 e. The topological polar surface area (TPSA) is 75.0 Å². The van der Waals surface area contributed by atoms with E-state index in [1.165, 1.54) is 12.1 Å². The number of aryl methyl sites for hydroxylation is 1. The lowest BCUT2D eigenvalue weighted by Crippen LogP contribution is -2.23. The van der Waals surface area contributed by atoms with Gasteiger partial charge in [-0.15, -0.1) is 0 Å². The van der Waals surface area contributed by atoms with Gasteiger partial charge in [0.05, 0.1) is 28.4 Å². The average Bonchev–Trinajstić information content (AvgIpc) is 2.53. The number of hydrogen-bond donors (Lipinski definition) is 0. The molecule has 3 rings (SSSR count). The van der Waals surface area contributed by atoms with E-state index < -0.39 is 5.97 Å². The molecule has 1 aromatic rings. The van der Waals surface area contributed by atoms with Crippen molar-refractivity contribution in [1.29, 1.82) is 0 Å². The maximum Gasteiger partial charge on any atom is 0.181 e. The molecule has 1 aliphatic carbocycles. The van der Waals surface area contributed by atoms with Crippen molar-refractivity contribution in [3.8, 4) is 11.4 Å². The van der Waals surface area contributed by atoms with Crippen molar-refractivity contribution < 1.29 is 9.90 Å². The minimum atomic E-state index is -1.27. The third-order valence-electron chi connectivity index (χ3n) is 4.05. The predicted molar refractivity (Wildman–Crippen MR) is 91.1 cm³/mol. The van der Waals surface area contributed by atoms with Crippen molar-refractivity contribution in [3.05, 3.63) is 63.3 Å². The van der Waals surface area contributed by atoms with Gasteiger partial charge in [-0.2, -0.15) is 0 Å². The fourth-order valence-corrected chi connectivity index (χ4v) is 2.83. The van der Waals surface area contributed by atoms with Crippen LogP contribution in [0.25, 0.3) is 22.4 Å². The number of aromatic nitrogens is 2. The van der Waals surface area contributed by atoms with Crippen molar-refractivity contribution in [2.24, 2.45) is 7.05 Å². The Morgan fingerprint density at radius 3 is 2.71 bits per heavy atom. The lowest BCUT2D eigenvalue weighted by molar-refractivity contribution is -0.254. The lowest BCUT2D eigenvalue weighted by atomic mass is 10.0. The van der Waals surface area contributed by atoms with Crippen molar-refractivity contribution in [3.63, 3.8) is 0 Å². The summed E-state index contributed by atoms with van der Waals surface area (Å²) < 4.78 is 1.80. The molecule has 0 saturated heterocycles. The number of benzene rings is 2. The first-order valence-electron chi connectivity index (χ1n) is 7.65. The molecule has 0 aromatic heterocycles. The van der Waals surface area contributed by atoms with Crippen LogP contribution < -0.4 is 10.5 Å². The van der Waals surface area contributed by atoms with Gasteiger partial charge in [0.15, 0.2) is 5.43 Å². The summed E-state index contributed by atoms with van der Waals surface area (Å²) in [5, 5.41) is 11.4. The first kappa shape index (κ1) is 15.9. The largest absolute Gasteiger partial charge is 0.545 e. The van der Waals surface area contributed by atoms with E-state index in [0.717, 1.165) is 11.1 Å². The van der Waals surface area contributed by atoms with Crippen LogP contribution in [0.5, 0.6) is 0 Å². The van der Waals surface area contributed by atoms with Crippen LogP contribution >= 0.6 is 0 Å². The summed E-state index contributed by atoms with van der Waals surface area (Å²) in [5.41, 5.74) is 4.20. The van der Waals surface area contributed by atoms with Gasteiger partial charge >= 0.3 is 0 Å². The summed E-state index contributed by atoms with van der Waals surface area (Å²) in [5.74, 6) is -1.27. The second kappa shape index (κ2) is 5.92. The molecule has 0 amide bonds. The lowest BCUT2D eigenvalue weighted by Gasteiger charge is -2.18. The molecule has 5 heteroatoms. The highest BCUT2D eigenvalue weighted by molar-refractivity contribution is 6.00. The number of aromatic carboxylic acids is 1. The molecular weight excluding hydrogens is 304 g/mol. The molecule has 24 heavy (non-hydrogen) atoms. The molecule has 0 fully saturated rings. The molecular formula is C19H17N2O3-. The van der Waals surface area contributed by atoms with Gasteiger partial charge in [0.1, 0.15) is 0 Å². The summed E-state index contributed by atoms with van der Waals surface area (Å²) in [6.45, 7) is 3.97. The van der Waals surface area contributed by atoms with Gasteiger partial charge < -0.3 is 14.5 Å². The van der Waals surface area contributed by atoms with E-state index in [1.54, 1.807) is 29.8 Å². The molecule has 0 unspecified atom stereocenters. The number of nitrogens with zero attached hydrogens (tertiary/aromatic N) is 2. The molecule has 0 saturated carbocycles. The van der Waals surface area contributed by atoms with Crippen LogP contribution in [0.1, 0.15) is 29.8 Å². The number of carboxylic acid groups (broad SMARTS) is 1. The highest BCUT2D eigenvalue weighted by Crippen LogP contribution is 2.28. The Morgan fingerprint density at radius 1 is 1.29 bits per heavy atom. The molecule has 1 heterocycles. The minimum absolute atomic E-state index is 0.0457. The van der Waals surface area contributed by atoms with Crippen LogP contribution in [0.4, 0.5) is 0 Å². The second-order valence-corrected chi connectivity index (χ2v) is 6.07. The fourth-order valence-electron chi connectivity index (χ4n) is 2.83. The normalized spacial score (nSPS) is 11.0. The van der Waals surface area contributed by atoms with Gasteiger partial charge in [0.2, 0.25) is 0 Å². The Labute approximate surface area is 139 Å². The summed E-state index contributed by atoms with van der Waals surface area (Å²) >= 11 is 0. The third kappa shape index (κ3) is 2.69. The second-order valence-electron chi connectivity index (χ2n) is 6.07. The average molecular weight is 321 g/mol. The van der Waals surface area contributed by atoms with Crippen LogP contribution in [0.2, 0.25) is 0 Å². The van der Waals surface area contributed by atoms with Crippen LogP contribution in [0.3, 0.4) is 0 Å². The van der Waals surface area contributed by atoms with E-state index in [1.807, 2.05) is 19.9 Å². The number of para-hydroxylation sites is 1. The molecule has 2 aliphatic rings.